The Morgan fingerprint density at radius 3 is 2.71 bits per heavy atom. The lowest BCUT2D eigenvalue weighted by Crippen LogP contribution is -2.09. The Hall–Kier alpha value is -1.29. The second kappa shape index (κ2) is 3.13. The second-order valence-corrected chi connectivity index (χ2v) is 3.93. The summed E-state index contributed by atoms with van der Waals surface area (Å²) in [6.07, 6.45) is 0. The maximum absolute atomic E-state index is 11.1. The number of rotatable bonds is 2. The second-order valence-electron chi connectivity index (χ2n) is 3.93. The van der Waals surface area contributed by atoms with Gasteiger partial charge in [-0.15, -0.1) is 0 Å². The van der Waals surface area contributed by atoms with Gasteiger partial charge in [0.25, 0.3) is 0 Å². The van der Waals surface area contributed by atoms with E-state index >= 15 is 0 Å². The van der Waals surface area contributed by atoms with Crippen molar-refractivity contribution >= 4 is 5.97 Å². The van der Waals surface area contributed by atoms with Crippen LogP contribution in [0.3, 0.4) is 0 Å². The number of hydrogen-bond donors (Lipinski definition) is 3. The first kappa shape index (κ1) is 9.27. The molecule has 0 aliphatic carbocycles. The van der Waals surface area contributed by atoms with Gasteiger partial charge in [-0.2, -0.15) is 0 Å². The molecular weight excluding hydrogens is 180 g/mol. The lowest BCUT2D eigenvalue weighted by Gasteiger charge is -2.05. The number of carboxylic acid groups (broad SMARTS) is 1. The Labute approximate surface area is 82.3 Å². The molecule has 0 bridgehead atoms. The van der Waals surface area contributed by atoms with Crippen molar-refractivity contribution in [3.63, 3.8) is 0 Å². The van der Waals surface area contributed by atoms with Gasteiger partial charge >= 0.3 is 5.97 Å². The molecule has 4 heteroatoms. The lowest BCUT2D eigenvalue weighted by atomic mass is 10.0. The molecule has 0 aromatic carbocycles. The molecule has 1 aliphatic heterocycles. The summed E-state index contributed by atoms with van der Waals surface area (Å²) in [7, 11) is 0. The van der Waals surface area contributed by atoms with Crippen LogP contribution in [-0.4, -0.2) is 16.1 Å². The smallest absolute Gasteiger partial charge is 0.337 e. The lowest BCUT2D eigenvalue weighted by molar-refractivity contribution is 0.0694. The van der Waals surface area contributed by atoms with E-state index in [1.54, 1.807) is 0 Å². The molecule has 0 unspecified atom stereocenters. The van der Waals surface area contributed by atoms with E-state index in [9.17, 15) is 4.79 Å². The molecule has 1 aliphatic rings. The number of carboxylic acids is 1. The van der Waals surface area contributed by atoms with Gasteiger partial charge in [0.15, 0.2) is 0 Å². The highest BCUT2D eigenvalue weighted by Gasteiger charge is 2.26. The van der Waals surface area contributed by atoms with E-state index in [4.69, 9.17) is 5.11 Å². The van der Waals surface area contributed by atoms with E-state index in [0.29, 0.717) is 12.1 Å². The van der Waals surface area contributed by atoms with Crippen LogP contribution in [0.2, 0.25) is 0 Å². The van der Waals surface area contributed by atoms with E-state index in [-0.39, 0.29) is 5.92 Å². The summed E-state index contributed by atoms with van der Waals surface area (Å²) < 4.78 is 0. The Morgan fingerprint density at radius 1 is 1.43 bits per heavy atom. The predicted octanol–water partition coefficient (Wildman–Crippen LogP) is 1.44. The van der Waals surface area contributed by atoms with Crippen molar-refractivity contribution in [2.45, 2.75) is 32.9 Å². The van der Waals surface area contributed by atoms with Crippen LogP contribution in [0.15, 0.2) is 0 Å². The maximum atomic E-state index is 11.1. The zero-order chi connectivity index (χ0) is 10.3. The number of aromatic carboxylic acids is 1. The molecule has 4 nitrogen and oxygen atoms in total. The third kappa shape index (κ3) is 1.23. The highest BCUT2D eigenvalue weighted by Crippen LogP contribution is 2.27. The van der Waals surface area contributed by atoms with Crippen molar-refractivity contribution in [2.75, 3.05) is 0 Å². The van der Waals surface area contributed by atoms with Crippen molar-refractivity contribution in [2.24, 2.45) is 0 Å². The highest BCUT2D eigenvalue weighted by atomic mass is 16.4. The van der Waals surface area contributed by atoms with Crippen molar-refractivity contribution in [1.29, 1.82) is 0 Å². The fourth-order valence-corrected chi connectivity index (χ4v) is 1.95. The fraction of sp³-hybridized carbons (Fsp3) is 0.500. The van der Waals surface area contributed by atoms with E-state index in [1.165, 1.54) is 0 Å². The molecule has 2 rings (SSSR count). The molecule has 0 amide bonds. The molecule has 3 N–H and O–H groups in total. The van der Waals surface area contributed by atoms with Gasteiger partial charge in [-0.3, -0.25) is 0 Å². The summed E-state index contributed by atoms with van der Waals surface area (Å²) in [5.74, 6) is -0.596. The highest BCUT2D eigenvalue weighted by molar-refractivity contribution is 5.91. The van der Waals surface area contributed by atoms with Gasteiger partial charge in [-0.1, -0.05) is 13.8 Å². The van der Waals surface area contributed by atoms with Gasteiger partial charge in [-0.25, -0.2) is 4.79 Å². The normalized spacial score (nSPS) is 14.8. The first-order chi connectivity index (χ1) is 6.61. The molecule has 0 radical (unpaired) electrons. The number of hydrogen-bond acceptors (Lipinski definition) is 2. The van der Waals surface area contributed by atoms with Crippen LogP contribution in [0.25, 0.3) is 0 Å². The minimum atomic E-state index is -0.824. The molecule has 0 fully saturated rings. The zero-order valence-electron chi connectivity index (χ0n) is 8.35. The molecule has 1 aromatic rings. The topological polar surface area (TPSA) is 65.1 Å². The third-order valence-corrected chi connectivity index (χ3v) is 2.62. The number of carbonyl (C=O) groups is 1. The molecular formula is C10H14N2O2. The first-order valence-electron chi connectivity index (χ1n) is 4.79. The van der Waals surface area contributed by atoms with Crippen LogP contribution < -0.4 is 5.32 Å². The number of H-pyrrole nitrogens is 1. The van der Waals surface area contributed by atoms with Crippen molar-refractivity contribution in [3.8, 4) is 0 Å². The first-order valence-corrected chi connectivity index (χ1v) is 4.79. The minimum Gasteiger partial charge on any atom is -0.478 e. The van der Waals surface area contributed by atoms with Gasteiger partial charge in [0, 0.05) is 30.0 Å². The van der Waals surface area contributed by atoms with Crippen LogP contribution in [0.5, 0.6) is 0 Å². The summed E-state index contributed by atoms with van der Waals surface area (Å²) >= 11 is 0. The van der Waals surface area contributed by atoms with Crippen LogP contribution in [0.4, 0.5) is 0 Å². The van der Waals surface area contributed by atoms with Crippen molar-refractivity contribution < 1.29 is 9.90 Å². The average Bonchev–Trinajstić information content (AvgIpc) is 2.58. The molecule has 2 heterocycles. The molecule has 0 atom stereocenters. The third-order valence-electron chi connectivity index (χ3n) is 2.62. The number of nitrogens with one attached hydrogen (secondary N) is 2. The van der Waals surface area contributed by atoms with Gasteiger partial charge < -0.3 is 15.4 Å². The molecule has 0 saturated heterocycles. The molecule has 0 saturated carbocycles. The molecule has 14 heavy (non-hydrogen) atoms. The Morgan fingerprint density at radius 2 is 2.14 bits per heavy atom. The number of aromatic nitrogens is 1. The molecule has 1 aromatic heterocycles. The van der Waals surface area contributed by atoms with Crippen LogP contribution >= 0.6 is 0 Å². The van der Waals surface area contributed by atoms with Crippen molar-refractivity contribution in [1.82, 2.24) is 10.3 Å². The average molecular weight is 194 g/mol. The maximum Gasteiger partial charge on any atom is 0.337 e. The fourth-order valence-electron chi connectivity index (χ4n) is 1.95. The summed E-state index contributed by atoms with van der Waals surface area (Å²) in [4.78, 5) is 14.3. The number of fused-ring (bicyclic) bond motifs is 1. The van der Waals surface area contributed by atoms with Crippen LogP contribution in [0, 0.1) is 0 Å². The summed E-state index contributed by atoms with van der Waals surface area (Å²) in [6, 6.07) is 0. The zero-order valence-corrected chi connectivity index (χ0v) is 8.35. The van der Waals surface area contributed by atoms with Gasteiger partial charge in [-0.05, 0) is 5.92 Å². The van der Waals surface area contributed by atoms with Crippen LogP contribution in [-0.2, 0) is 13.1 Å². The van der Waals surface area contributed by atoms with E-state index in [0.717, 1.165) is 23.5 Å². The van der Waals surface area contributed by atoms with E-state index in [1.807, 2.05) is 13.8 Å². The monoisotopic (exact) mass is 194 g/mol. The number of aromatic amines is 1. The summed E-state index contributed by atoms with van der Waals surface area (Å²) in [5, 5.41) is 12.3. The summed E-state index contributed by atoms with van der Waals surface area (Å²) in [6.45, 7) is 5.42. The minimum absolute atomic E-state index is 0.228. The molecule has 0 spiro atoms. The Kier molecular flexibility index (Phi) is 2.07. The van der Waals surface area contributed by atoms with Gasteiger partial charge in [0.2, 0.25) is 0 Å². The Balaban J connectivity index is 2.57. The van der Waals surface area contributed by atoms with Gasteiger partial charge in [0.05, 0.1) is 5.56 Å². The predicted molar refractivity (Wildman–Crippen MR) is 52.4 cm³/mol. The van der Waals surface area contributed by atoms with Crippen LogP contribution in [0.1, 0.15) is 47.1 Å². The quantitative estimate of drug-likeness (QED) is 0.667. The van der Waals surface area contributed by atoms with E-state index in [2.05, 4.69) is 10.3 Å². The largest absolute Gasteiger partial charge is 0.478 e. The van der Waals surface area contributed by atoms with E-state index < -0.39 is 5.97 Å². The van der Waals surface area contributed by atoms with Gasteiger partial charge in [0.1, 0.15) is 0 Å². The molecule has 76 valence electrons. The SMILES string of the molecule is CC(C)c1[nH]c2c(c1C(=O)O)CNC2. The Bertz CT molecular complexity index is 380. The van der Waals surface area contributed by atoms with Crippen molar-refractivity contribution in [3.05, 3.63) is 22.5 Å². The summed E-state index contributed by atoms with van der Waals surface area (Å²) in [5.41, 5.74) is 3.29. The standard InChI is InChI=1S/C10H14N2O2/c1-5(2)9-8(10(13)14)6-3-11-4-7(6)12-9/h5,11-12H,3-4H2,1-2H3,(H,13,14).